The van der Waals surface area contributed by atoms with Crippen molar-refractivity contribution < 1.29 is 13.2 Å². The van der Waals surface area contributed by atoms with Crippen molar-refractivity contribution in [2.75, 3.05) is 20.2 Å². The van der Waals surface area contributed by atoms with Gasteiger partial charge in [0.25, 0.3) is 0 Å². The van der Waals surface area contributed by atoms with Gasteiger partial charge in [-0.25, -0.2) is 8.42 Å². The zero-order valence-electron chi connectivity index (χ0n) is 12.5. The number of ether oxygens (including phenoxy) is 1. The lowest BCUT2D eigenvalue weighted by molar-refractivity contribution is 0.390. The lowest BCUT2D eigenvalue weighted by Gasteiger charge is -2.22. The van der Waals surface area contributed by atoms with E-state index in [1.54, 1.807) is 10.4 Å². The van der Waals surface area contributed by atoms with E-state index < -0.39 is 10.0 Å². The third-order valence-corrected chi connectivity index (χ3v) is 5.85. The van der Waals surface area contributed by atoms with E-state index in [9.17, 15) is 8.42 Å². The predicted octanol–water partition coefficient (Wildman–Crippen LogP) is 2.88. The molecule has 1 heterocycles. The molecule has 0 spiro atoms. The highest BCUT2D eigenvalue weighted by Gasteiger charge is 2.29. The van der Waals surface area contributed by atoms with Gasteiger partial charge in [-0.3, -0.25) is 0 Å². The summed E-state index contributed by atoms with van der Waals surface area (Å²) < 4.78 is 32.7. The molecule has 0 aliphatic carbocycles. The molecular weight excluding hydrogens is 274 g/mol. The molecule has 0 radical (unpaired) electrons. The van der Waals surface area contributed by atoms with Gasteiger partial charge in [-0.1, -0.05) is 18.9 Å². The molecule has 112 valence electrons. The monoisotopic (exact) mass is 297 g/mol. The van der Waals surface area contributed by atoms with Gasteiger partial charge in [0.15, 0.2) is 0 Å². The number of hydrogen-bond acceptors (Lipinski definition) is 3. The number of hydrogen-bond donors (Lipinski definition) is 0. The molecule has 1 saturated heterocycles. The second-order valence-corrected chi connectivity index (χ2v) is 7.31. The van der Waals surface area contributed by atoms with Gasteiger partial charge in [0.05, 0.1) is 7.11 Å². The van der Waals surface area contributed by atoms with E-state index in [4.69, 9.17) is 4.74 Å². The molecule has 0 N–H and O–H groups in total. The second-order valence-electron chi connectivity index (χ2n) is 5.43. The minimum atomic E-state index is -3.47. The molecule has 1 aliphatic rings. The van der Waals surface area contributed by atoms with E-state index in [-0.39, 0.29) is 0 Å². The number of methoxy groups -OCH3 is 1. The third kappa shape index (κ3) is 2.99. The summed E-state index contributed by atoms with van der Waals surface area (Å²) in [4.78, 5) is 0.326. The normalized spacial score (nSPS) is 17.8. The smallest absolute Gasteiger partial charge is 0.247 e. The molecule has 4 nitrogen and oxygen atoms in total. The lowest BCUT2D eigenvalue weighted by Crippen LogP contribution is -2.32. The Hall–Kier alpha value is -1.07. The fourth-order valence-electron chi connectivity index (χ4n) is 2.81. The maximum atomic E-state index is 12.9. The molecule has 5 heteroatoms. The van der Waals surface area contributed by atoms with Crippen LogP contribution in [0.1, 0.15) is 36.8 Å². The second kappa shape index (κ2) is 6.14. The van der Waals surface area contributed by atoms with Crippen LogP contribution in [0.4, 0.5) is 0 Å². The van der Waals surface area contributed by atoms with Gasteiger partial charge in [-0.05, 0) is 43.9 Å². The summed E-state index contributed by atoms with van der Waals surface area (Å²) in [6.07, 6.45) is 4.09. The first-order valence-corrected chi connectivity index (χ1v) is 8.56. The van der Waals surface area contributed by atoms with Crippen molar-refractivity contribution >= 4 is 10.0 Å². The Morgan fingerprint density at radius 3 is 2.20 bits per heavy atom. The first-order valence-electron chi connectivity index (χ1n) is 7.12. The molecule has 0 amide bonds. The average Bonchev–Trinajstić information content (AvgIpc) is 2.66. The summed E-state index contributed by atoms with van der Waals surface area (Å²) in [7, 11) is -1.94. The molecule has 1 fully saturated rings. The average molecular weight is 297 g/mol. The van der Waals surface area contributed by atoms with Gasteiger partial charge in [0.1, 0.15) is 10.6 Å². The van der Waals surface area contributed by atoms with E-state index in [0.29, 0.717) is 23.7 Å². The Morgan fingerprint density at radius 2 is 1.65 bits per heavy atom. The van der Waals surface area contributed by atoms with Crippen LogP contribution in [0.3, 0.4) is 0 Å². The quantitative estimate of drug-likeness (QED) is 0.862. The van der Waals surface area contributed by atoms with Crippen LogP contribution in [0.5, 0.6) is 5.75 Å². The fourth-order valence-corrected chi connectivity index (χ4v) is 4.67. The van der Waals surface area contributed by atoms with Crippen molar-refractivity contribution in [3.05, 3.63) is 23.3 Å². The number of nitrogens with zero attached hydrogens (tertiary/aromatic N) is 1. The van der Waals surface area contributed by atoms with Crippen LogP contribution in [0.15, 0.2) is 17.0 Å². The summed E-state index contributed by atoms with van der Waals surface area (Å²) in [5, 5.41) is 0. The van der Waals surface area contributed by atoms with E-state index in [1.807, 2.05) is 19.9 Å². The van der Waals surface area contributed by atoms with Gasteiger partial charge in [-0.2, -0.15) is 4.31 Å². The molecule has 1 aromatic carbocycles. The summed E-state index contributed by atoms with van der Waals surface area (Å²) in [5.41, 5.74) is 1.76. The minimum absolute atomic E-state index is 0.326. The number of sulfonamides is 1. The van der Waals surface area contributed by atoms with Crippen LogP contribution in [-0.4, -0.2) is 32.9 Å². The molecule has 1 aliphatic heterocycles. The minimum Gasteiger partial charge on any atom is -0.495 e. The zero-order chi connectivity index (χ0) is 14.8. The first kappa shape index (κ1) is 15.3. The summed E-state index contributed by atoms with van der Waals surface area (Å²) in [6.45, 7) is 5.00. The SMILES string of the molecule is COc1cc(C)cc(C)c1S(=O)(=O)N1CCCCCC1. The molecular formula is C15H23NO3S. The van der Waals surface area contributed by atoms with Crippen LogP contribution >= 0.6 is 0 Å². The summed E-state index contributed by atoms with van der Waals surface area (Å²) >= 11 is 0. The van der Waals surface area contributed by atoms with Crippen molar-refractivity contribution in [3.63, 3.8) is 0 Å². The van der Waals surface area contributed by atoms with Crippen molar-refractivity contribution in [1.82, 2.24) is 4.31 Å². The first-order chi connectivity index (χ1) is 9.46. The van der Waals surface area contributed by atoms with Gasteiger partial charge in [0.2, 0.25) is 10.0 Å². The molecule has 0 atom stereocenters. The topological polar surface area (TPSA) is 46.6 Å². The molecule has 2 rings (SSSR count). The highest BCUT2D eigenvalue weighted by Crippen LogP contribution is 2.32. The highest BCUT2D eigenvalue weighted by molar-refractivity contribution is 7.89. The van der Waals surface area contributed by atoms with Gasteiger partial charge < -0.3 is 4.74 Å². The number of aryl methyl sites for hydroxylation is 2. The Morgan fingerprint density at radius 1 is 1.05 bits per heavy atom. The van der Waals surface area contributed by atoms with Crippen molar-refractivity contribution in [2.45, 2.75) is 44.4 Å². The van der Waals surface area contributed by atoms with Crippen LogP contribution in [-0.2, 0) is 10.0 Å². The predicted molar refractivity (Wildman–Crippen MR) is 79.7 cm³/mol. The Kier molecular flexibility index (Phi) is 4.70. The van der Waals surface area contributed by atoms with Crippen LogP contribution < -0.4 is 4.74 Å². The maximum absolute atomic E-state index is 12.9. The van der Waals surface area contributed by atoms with Crippen molar-refractivity contribution in [1.29, 1.82) is 0 Å². The van der Waals surface area contributed by atoms with E-state index in [0.717, 1.165) is 36.8 Å². The maximum Gasteiger partial charge on any atom is 0.247 e. The van der Waals surface area contributed by atoms with Gasteiger partial charge in [0, 0.05) is 13.1 Å². The number of benzene rings is 1. The Labute approximate surface area is 121 Å². The summed E-state index contributed by atoms with van der Waals surface area (Å²) in [6, 6.07) is 3.69. The largest absolute Gasteiger partial charge is 0.495 e. The zero-order valence-corrected chi connectivity index (χ0v) is 13.3. The Bertz CT molecular complexity index is 573. The molecule has 20 heavy (non-hydrogen) atoms. The van der Waals surface area contributed by atoms with Crippen molar-refractivity contribution in [2.24, 2.45) is 0 Å². The third-order valence-electron chi connectivity index (χ3n) is 3.77. The molecule has 0 aromatic heterocycles. The highest BCUT2D eigenvalue weighted by atomic mass is 32.2. The molecule has 0 unspecified atom stereocenters. The molecule has 0 bridgehead atoms. The van der Waals surface area contributed by atoms with Gasteiger partial charge in [-0.15, -0.1) is 0 Å². The van der Waals surface area contributed by atoms with Crippen LogP contribution in [0.2, 0.25) is 0 Å². The fraction of sp³-hybridized carbons (Fsp3) is 0.600. The van der Waals surface area contributed by atoms with E-state index in [2.05, 4.69) is 0 Å². The van der Waals surface area contributed by atoms with Gasteiger partial charge >= 0.3 is 0 Å². The van der Waals surface area contributed by atoms with E-state index in [1.165, 1.54) is 7.11 Å². The molecule has 0 saturated carbocycles. The van der Waals surface area contributed by atoms with Crippen LogP contribution in [0.25, 0.3) is 0 Å². The lowest BCUT2D eigenvalue weighted by atomic mass is 10.1. The van der Waals surface area contributed by atoms with Crippen molar-refractivity contribution in [3.8, 4) is 5.75 Å². The molecule has 1 aromatic rings. The number of rotatable bonds is 3. The van der Waals surface area contributed by atoms with Crippen LogP contribution in [0, 0.1) is 13.8 Å². The Balaban J connectivity index is 2.48. The van der Waals surface area contributed by atoms with E-state index >= 15 is 0 Å². The summed E-state index contributed by atoms with van der Waals surface area (Å²) in [5.74, 6) is 0.451. The standard InChI is InChI=1S/C15H23NO3S/c1-12-10-13(2)15(14(11-12)19-3)20(17,18)16-8-6-4-5-7-9-16/h10-11H,4-9H2,1-3H3.